The van der Waals surface area contributed by atoms with Crippen LogP contribution in [0.3, 0.4) is 0 Å². The molecule has 2 aromatic carbocycles. The van der Waals surface area contributed by atoms with Gasteiger partial charge in [0.05, 0.1) is 10.6 Å². The van der Waals surface area contributed by atoms with Crippen molar-refractivity contribution in [2.24, 2.45) is 0 Å². The number of thioether (sulfide) groups is 1. The molecule has 1 heterocycles. The summed E-state index contributed by atoms with van der Waals surface area (Å²) in [6, 6.07) is 12.7. The summed E-state index contributed by atoms with van der Waals surface area (Å²) in [5.41, 5.74) is 3.75. The monoisotopic (exact) mass is 341 g/mol. The van der Waals surface area contributed by atoms with E-state index in [0.29, 0.717) is 9.23 Å². The number of hydrogen-bond donors (Lipinski definition) is 1. The first-order chi connectivity index (χ1) is 11.0. The van der Waals surface area contributed by atoms with Crippen molar-refractivity contribution in [1.82, 2.24) is 0 Å². The molecule has 1 fully saturated rings. The standard InChI is InChI=1S/C18H15NO2S2/c1-11-6-7-15(12(2)8-11)19-17(21)16(23-18(19)22)10-13-4-3-5-14(20)9-13/h3-10,20H,1-2H3/b16-10-. The van der Waals surface area contributed by atoms with Gasteiger partial charge in [0.1, 0.15) is 5.75 Å². The van der Waals surface area contributed by atoms with Gasteiger partial charge in [-0.2, -0.15) is 0 Å². The van der Waals surface area contributed by atoms with Crippen LogP contribution in [-0.4, -0.2) is 15.3 Å². The van der Waals surface area contributed by atoms with Crippen LogP contribution in [0, 0.1) is 13.8 Å². The normalized spacial score (nSPS) is 16.4. The van der Waals surface area contributed by atoms with Gasteiger partial charge >= 0.3 is 0 Å². The Bertz CT molecular complexity index is 843. The number of nitrogens with zero attached hydrogens (tertiary/aromatic N) is 1. The number of thiocarbonyl (C=S) groups is 1. The molecule has 0 radical (unpaired) electrons. The Morgan fingerprint density at radius 3 is 2.65 bits per heavy atom. The maximum atomic E-state index is 12.7. The van der Waals surface area contributed by atoms with E-state index in [-0.39, 0.29) is 11.7 Å². The zero-order valence-corrected chi connectivity index (χ0v) is 14.4. The van der Waals surface area contributed by atoms with Crippen LogP contribution in [0.15, 0.2) is 47.4 Å². The fourth-order valence-electron chi connectivity index (χ4n) is 2.50. The Morgan fingerprint density at radius 1 is 1.17 bits per heavy atom. The highest BCUT2D eigenvalue weighted by atomic mass is 32.2. The molecule has 23 heavy (non-hydrogen) atoms. The molecule has 1 N–H and O–H groups in total. The van der Waals surface area contributed by atoms with E-state index in [4.69, 9.17) is 12.2 Å². The first kappa shape index (κ1) is 15.8. The summed E-state index contributed by atoms with van der Waals surface area (Å²) < 4.78 is 0.522. The SMILES string of the molecule is Cc1ccc(N2C(=O)/C(=C/c3cccc(O)c3)SC2=S)c(C)c1. The van der Waals surface area contributed by atoms with E-state index in [2.05, 4.69) is 0 Å². The molecule has 116 valence electrons. The van der Waals surface area contributed by atoms with Crippen molar-refractivity contribution >= 4 is 46.0 Å². The molecule has 3 nitrogen and oxygen atoms in total. The predicted molar refractivity (Wildman–Crippen MR) is 99.7 cm³/mol. The predicted octanol–water partition coefficient (Wildman–Crippen LogP) is 4.41. The second-order valence-electron chi connectivity index (χ2n) is 5.40. The zero-order valence-electron chi connectivity index (χ0n) is 12.7. The van der Waals surface area contributed by atoms with Gasteiger partial charge in [-0.3, -0.25) is 9.69 Å². The number of rotatable bonds is 2. The van der Waals surface area contributed by atoms with Crippen LogP contribution in [-0.2, 0) is 4.79 Å². The molecular formula is C18H15NO2S2. The van der Waals surface area contributed by atoms with Crippen LogP contribution >= 0.6 is 24.0 Å². The van der Waals surface area contributed by atoms with Gasteiger partial charge in [0.15, 0.2) is 4.32 Å². The molecule has 1 aliphatic rings. The van der Waals surface area contributed by atoms with Gasteiger partial charge in [-0.15, -0.1) is 0 Å². The van der Waals surface area contributed by atoms with E-state index in [1.807, 2.05) is 38.1 Å². The van der Waals surface area contributed by atoms with Crippen molar-refractivity contribution in [3.05, 3.63) is 64.1 Å². The molecule has 0 saturated carbocycles. The second-order valence-corrected chi connectivity index (χ2v) is 7.08. The highest BCUT2D eigenvalue weighted by molar-refractivity contribution is 8.27. The summed E-state index contributed by atoms with van der Waals surface area (Å²) in [6.45, 7) is 3.99. The number of phenolic OH excluding ortho intramolecular Hbond substituents is 1. The minimum absolute atomic E-state index is 0.129. The third-order valence-corrected chi connectivity index (χ3v) is 4.86. The Labute approximate surface area is 144 Å². The van der Waals surface area contributed by atoms with Gasteiger partial charge < -0.3 is 5.11 Å². The summed E-state index contributed by atoms with van der Waals surface area (Å²) in [6.07, 6.45) is 1.75. The number of aryl methyl sites for hydroxylation is 2. The Hall–Kier alpha value is -2.11. The number of hydrogen-bond acceptors (Lipinski definition) is 4. The molecular weight excluding hydrogens is 326 g/mol. The van der Waals surface area contributed by atoms with Gasteiger partial charge in [-0.1, -0.05) is 53.8 Å². The Balaban J connectivity index is 1.97. The van der Waals surface area contributed by atoms with E-state index in [0.717, 1.165) is 22.4 Å². The molecule has 0 aromatic heterocycles. The number of phenols is 1. The van der Waals surface area contributed by atoms with Gasteiger partial charge in [0.2, 0.25) is 0 Å². The average Bonchev–Trinajstić information content (AvgIpc) is 2.74. The maximum absolute atomic E-state index is 12.7. The fourth-order valence-corrected chi connectivity index (χ4v) is 3.78. The first-order valence-electron chi connectivity index (χ1n) is 7.10. The van der Waals surface area contributed by atoms with Crippen molar-refractivity contribution in [3.8, 4) is 5.75 Å². The molecule has 5 heteroatoms. The molecule has 0 spiro atoms. The van der Waals surface area contributed by atoms with Gasteiger partial charge in [0, 0.05) is 0 Å². The van der Waals surface area contributed by atoms with Crippen LogP contribution in [0.2, 0.25) is 0 Å². The molecule has 0 unspecified atom stereocenters. The van der Waals surface area contributed by atoms with Crippen LogP contribution in [0.1, 0.15) is 16.7 Å². The number of anilines is 1. The smallest absolute Gasteiger partial charge is 0.270 e. The van der Waals surface area contributed by atoms with E-state index in [9.17, 15) is 9.90 Å². The topological polar surface area (TPSA) is 40.5 Å². The van der Waals surface area contributed by atoms with E-state index in [1.54, 1.807) is 29.2 Å². The van der Waals surface area contributed by atoms with E-state index < -0.39 is 0 Å². The number of carbonyl (C=O) groups is 1. The minimum atomic E-state index is -0.129. The molecule has 0 bridgehead atoms. The maximum Gasteiger partial charge on any atom is 0.270 e. The second kappa shape index (κ2) is 6.18. The minimum Gasteiger partial charge on any atom is -0.508 e. The number of benzene rings is 2. The lowest BCUT2D eigenvalue weighted by molar-refractivity contribution is -0.113. The molecule has 1 amide bonds. The quantitative estimate of drug-likeness (QED) is 0.649. The third-order valence-electron chi connectivity index (χ3n) is 3.55. The molecule has 0 aliphatic carbocycles. The molecule has 1 aliphatic heterocycles. The van der Waals surface area contributed by atoms with Crippen molar-refractivity contribution in [1.29, 1.82) is 0 Å². The average molecular weight is 341 g/mol. The summed E-state index contributed by atoms with van der Waals surface area (Å²) in [4.78, 5) is 14.9. The van der Waals surface area contributed by atoms with Gasteiger partial charge in [-0.05, 0) is 49.2 Å². The van der Waals surface area contributed by atoms with Crippen molar-refractivity contribution in [2.45, 2.75) is 13.8 Å². The van der Waals surface area contributed by atoms with Crippen LogP contribution in [0.4, 0.5) is 5.69 Å². The lowest BCUT2D eigenvalue weighted by Gasteiger charge is -2.17. The van der Waals surface area contributed by atoms with Crippen LogP contribution in [0.25, 0.3) is 6.08 Å². The third kappa shape index (κ3) is 3.16. The van der Waals surface area contributed by atoms with E-state index >= 15 is 0 Å². The van der Waals surface area contributed by atoms with Crippen LogP contribution < -0.4 is 4.90 Å². The fraction of sp³-hybridized carbons (Fsp3) is 0.111. The van der Waals surface area contributed by atoms with Gasteiger partial charge in [-0.25, -0.2) is 0 Å². The molecule has 3 rings (SSSR count). The highest BCUT2D eigenvalue weighted by Crippen LogP contribution is 2.37. The first-order valence-corrected chi connectivity index (χ1v) is 8.32. The summed E-state index contributed by atoms with van der Waals surface area (Å²) in [5, 5.41) is 9.54. The van der Waals surface area contributed by atoms with Crippen molar-refractivity contribution in [2.75, 3.05) is 4.90 Å². The molecule has 1 saturated heterocycles. The zero-order chi connectivity index (χ0) is 16.6. The highest BCUT2D eigenvalue weighted by Gasteiger charge is 2.33. The molecule has 0 atom stereocenters. The summed E-state index contributed by atoms with van der Waals surface area (Å²) >= 11 is 6.67. The summed E-state index contributed by atoms with van der Waals surface area (Å²) in [7, 11) is 0. The number of aromatic hydroxyl groups is 1. The lowest BCUT2D eigenvalue weighted by atomic mass is 10.1. The summed E-state index contributed by atoms with van der Waals surface area (Å²) in [5.74, 6) is 0.0407. The van der Waals surface area contributed by atoms with E-state index in [1.165, 1.54) is 11.8 Å². The van der Waals surface area contributed by atoms with Crippen molar-refractivity contribution in [3.63, 3.8) is 0 Å². The largest absolute Gasteiger partial charge is 0.508 e. The molecule has 2 aromatic rings. The Kier molecular flexibility index (Phi) is 4.24. The Morgan fingerprint density at radius 2 is 1.96 bits per heavy atom. The number of amides is 1. The van der Waals surface area contributed by atoms with Gasteiger partial charge in [0.25, 0.3) is 5.91 Å². The van der Waals surface area contributed by atoms with Crippen molar-refractivity contribution < 1.29 is 9.90 Å². The lowest BCUT2D eigenvalue weighted by Crippen LogP contribution is -2.28. The van der Waals surface area contributed by atoms with Crippen LogP contribution in [0.5, 0.6) is 5.75 Å². The number of carbonyl (C=O) groups excluding carboxylic acids is 1.